The van der Waals surface area contributed by atoms with E-state index in [1.807, 2.05) is 6.92 Å². The maximum Gasteiger partial charge on any atom is 0.411 e. The normalized spacial score (nSPS) is 12.1. The predicted molar refractivity (Wildman–Crippen MR) is 65.9 cm³/mol. The van der Waals surface area contributed by atoms with Crippen molar-refractivity contribution in [1.29, 1.82) is 0 Å². The van der Waals surface area contributed by atoms with Crippen molar-refractivity contribution < 1.29 is 22.6 Å². The van der Waals surface area contributed by atoms with E-state index in [0.29, 0.717) is 18.2 Å². The second kappa shape index (κ2) is 7.78. The lowest BCUT2D eigenvalue weighted by Gasteiger charge is -2.05. The number of methoxy groups -OCH3 is 1. The third kappa shape index (κ3) is 6.33. The monoisotopic (exact) mass is 298 g/mol. The lowest BCUT2D eigenvalue weighted by Crippen LogP contribution is -2.16. The Kier molecular flexibility index (Phi) is 6.70. The van der Waals surface area contributed by atoms with Gasteiger partial charge in [-0.25, -0.2) is 4.98 Å². The van der Waals surface area contributed by atoms with Crippen LogP contribution in [0.2, 0.25) is 0 Å². The Balaban J connectivity index is 2.58. The van der Waals surface area contributed by atoms with Gasteiger partial charge < -0.3 is 14.8 Å². The highest BCUT2D eigenvalue weighted by Gasteiger charge is 2.27. The molecular formula is C11H17F3N2O2S. The first kappa shape index (κ1) is 16.4. The lowest BCUT2D eigenvalue weighted by atomic mass is 10.3. The minimum atomic E-state index is -4.31. The quantitative estimate of drug-likeness (QED) is 0.801. The fraction of sp³-hybridized carbons (Fsp3) is 0.727. The van der Waals surface area contributed by atoms with Gasteiger partial charge in [0, 0.05) is 18.5 Å². The topological polar surface area (TPSA) is 43.4 Å². The number of ether oxygens (including phenoxy) is 2. The molecule has 0 unspecified atom stereocenters. The minimum Gasteiger partial charge on any atom is -0.378 e. The molecule has 0 saturated heterocycles. The lowest BCUT2D eigenvalue weighted by molar-refractivity contribution is -0.176. The summed E-state index contributed by atoms with van der Waals surface area (Å²) < 4.78 is 45.5. The number of nitrogens with one attached hydrogen (secondary N) is 1. The zero-order valence-corrected chi connectivity index (χ0v) is 11.7. The molecule has 0 fully saturated rings. The van der Waals surface area contributed by atoms with E-state index in [1.165, 1.54) is 11.3 Å². The molecule has 0 saturated carbocycles. The first-order chi connectivity index (χ1) is 8.96. The highest BCUT2D eigenvalue weighted by atomic mass is 32.1. The summed E-state index contributed by atoms with van der Waals surface area (Å²) in [6.45, 7) is 2.37. The van der Waals surface area contributed by atoms with Crippen molar-refractivity contribution in [2.75, 3.05) is 20.3 Å². The highest BCUT2D eigenvalue weighted by Crippen LogP contribution is 2.21. The Bertz CT molecular complexity index is 383. The van der Waals surface area contributed by atoms with Gasteiger partial charge in [-0.15, -0.1) is 11.3 Å². The van der Waals surface area contributed by atoms with Gasteiger partial charge in [0.2, 0.25) is 0 Å². The molecule has 1 heterocycles. The summed E-state index contributed by atoms with van der Waals surface area (Å²) in [5, 5.41) is 3.68. The molecule has 0 amide bonds. The van der Waals surface area contributed by atoms with Crippen LogP contribution < -0.4 is 5.32 Å². The van der Waals surface area contributed by atoms with E-state index >= 15 is 0 Å². The molecule has 4 nitrogen and oxygen atoms in total. The molecule has 8 heteroatoms. The summed E-state index contributed by atoms with van der Waals surface area (Å²) in [5.74, 6) is 0. The van der Waals surface area contributed by atoms with Crippen molar-refractivity contribution in [2.45, 2.75) is 32.9 Å². The molecule has 1 aromatic rings. The van der Waals surface area contributed by atoms with Gasteiger partial charge in [-0.2, -0.15) is 13.2 Å². The average Bonchev–Trinajstić information content (AvgIpc) is 2.68. The van der Waals surface area contributed by atoms with Crippen molar-refractivity contribution in [3.05, 3.63) is 15.6 Å². The first-order valence-electron chi connectivity index (χ1n) is 5.78. The molecule has 0 atom stereocenters. The molecule has 0 radical (unpaired) electrons. The van der Waals surface area contributed by atoms with Crippen LogP contribution in [0, 0.1) is 0 Å². The van der Waals surface area contributed by atoms with Crippen LogP contribution in [0.5, 0.6) is 0 Å². The molecule has 0 bridgehead atoms. The van der Waals surface area contributed by atoms with E-state index in [4.69, 9.17) is 4.74 Å². The summed E-state index contributed by atoms with van der Waals surface area (Å²) in [5.41, 5.74) is 0.749. The number of aromatic nitrogens is 1. The maximum absolute atomic E-state index is 12.0. The molecule has 0 aromatic carbocycles. The van der Waals surface area contributed by atoms with Gasteiger partial charge in [0.15, 0.2) is 0 Å². The van der Waals surface area contributed by atoms with Gasteiger partial charge in [-0.1, -0.05) is 6.92 Å². The second-order valence-corrected chi connectivity index (χ2v) is 4.97. The first-order valence-corrected chi connectivity index (χ1v) is 6.59. The number of alkyl halides is 3. The smallest absolute Gasteiger partial charge is 0.378 e. The van der Waals surface area contributed by atoms with Crippen LogP contribution in [-0.4, -0.2) is 31.4 Å². The largest absolute Gasteiger partial charge is 0.411 e. The van der Waals surface area contributed by atoms with Gasteiger partial charge in [-0.3, -0.25) is 0 Å². The van der Waals surface area contributed by atoms with Gasteiger partial charge in [0.05, 0.1) is 18.9 Å². The fourth-order valence-corrected chi connectivity index (χ4v) is 2.36. The Labute approximate surface area is 113 Å². The Morgan fingerprint density at radius 2 is 2.05 bits per heavy atom. The summed E-state index contributed by atoms with van der Waals surface area (Å²) in [6, 6.07) is 0. The van der Waals surface area contributed by atoms with Crippen molar-refractivity contribution in [2.24, 2.45) is 0 Å². The fourth-order valence-electron chi connectivity index (χ4n) is 1.38. The molecule has 0 aliphatic rings. The molecule has 1 N–H and O–H groups in total. The summed E-state index contributed by atoms with van der Waals surface area (Å²) in [4.78, 5) is 5.20. The molecule has 1 rings (SSSR count). The molecule has 110 valence electrons. The summed E-state index contributed by atoms with van der Waals surface area (Å²) in [7, 11) is 1.55. The summed E-state index contributed by atoms with van der Waals surface area (Å²) >= 11 is 1.34. The van der Waals surface area contributed by atoms with E-state index in [2.05, 4.69) is 15.0 Å². The Morgan fingerprint density at radius 3 is 2.63 bits per heavy atom. The van der Waals surface area contributed by atoms with Gasteiger partial charge in [0.1, 0.15) is 11.6 Å². The van der Waals surface area contributed by atoms with E-state index < -0.39 is 12.8 Å². The number of nitrogens with zero attached hydrogens (tertiary/aromatic N) is 1. The van der Waals surface area contributed by atoms with Crippen LogP contribution in [0.1, 0.15) is 22.5 Å². The molecule has 0 spiro atoms. The van der Waals surface area contributed by atoms with E-state index in [-0.39, 0.29) is 6.61 Å². The Morgan fingerprint density at radius 1 is 1.32 bits per heavy atom. The van der Waals surface area contributed by atoms with E-state index in [9.17, 15) is 13.2 Å². The number of rotatable bonds is 8. The van der Waals surface area contributed by atoms with E-state index in [0.717, 1.165) is 17.1 Å². The SMILES string of the molecule is CCNCc1sc(COCC(F)(F)F)nc1COC. The Hall–Kier alpha value is -0.700. The third-order valence-electron chi connectivity index (χ3n) is 2.13. The summed E-state index contributed by atoms with van der Waals surface area (Å²) in [6.07, 6.45) is -4.31. The second-order valence-electron chi connectivity index (χ2n) is 3.80. The number of thiazole rings is 1. The van der Waals surface area contributed by atoms with Crippen molar-refractivity contribution in [1.82, 2.24) is 10.3 Å². The standard InChI is InChI=1S/C11H17F3N2O2S/c1-3-15-4-9-8(5-17-2)16-10(19-9)6-18-7-11(12,13)14/h15H,3-7H2,1-2H3. The molecule has 0 aliphatic carbocycles. The maximum atomic E-state index is 12.0. The van der Waals surface area contributed by atoms with Crippen LogP contribution in [0.25, 0.3) is 0 Å². The zero-order valence-electron chi connectivity index (χ0n) is 10.8. The van der Waals surface area contributed by atoms with Crippen LogP contribution in [-0.2, 0) is 29.2 Å². The van der Waals surface area contributed by atoms with Gasteiger partial charge in [-0.05, 0) is 6.54 Å². The van der Waals surface area contributed by atoms with Crippen molar-refractivity contribution >= 4 is 11.3 Å². The zero-order chi connectivity index (χ0) is 14.3. The van der Waals surface area contributed by atoms with Crippen LogP contribution in [0.15, 0.2) is 0 Å². The van der Waals surface area contributed by atoms with E-state index in [1.54, 1.807) is 7.11 Å². The minimum absolute atomic E-state index is 0.132. The molecular weight excluding hydrogens is 281 g/mol. The molecule has 19 heavy (non-hydrogen) atoms. The molecule has 1 aromatic heterocycles. The van der Waals surface area contributed by atoms with Gasteiger partial charge >= 0.3 is 6.18 Å². The van der Waals surface area contributed by atoms with Crippen LogP contribution in [0.3, 0.4) is 0 Å². The average molecular weight is 298 g/mol. The van der Waals surface area contributed by atoms with Crippen molar-refractivity contribution in [3.8, 4) is 0 Å². The molecule has 0 aliphatic heterocycles. The highest BCUT2D eigenvalue weighted by molar-refractivity contribution is 7.11. The van der Waals surface area contributed by atoms with Crippen molar-refractivity contribution in [3.63, 3.8) is 0 Å². The van der Waals surface area contributed by atoms with Gasteiger partial charge in [0.25, 0.3) is 0 Å². The predicted octanol–water partition coefficient (Wildman–Crippen LogP) is 2.48. The number of hydrogen-bond acceptors (Lipinski definition) is 5. The number of hydrogen-bond donors (Lipinski definition) is 1. The van der Waals surface area contributed by atoms with Crippen LogP contribution in [0.4, 0.5) is 13.2 Å². The van der Waals surface area contributed by atoms with Crippen LogP contribution >= 0.6 is 11.3 Å². The number of halogens is 3. The third-order valence-corrected chi connectivity index (χ3v) is 3.20.